The van der Waals surface area contributed by atoms with Crippen LogP contribution < -0.4 is 5.73 Å². The van der Waals surface area contributed by atoms with Crippen molar-refractivity contribution < 1.29 is 4.39 Å². The maximum atomic E-state index is 13.2. The smallest absolute Gasteiger partial charge is 0.181 e. The van der Waals surface area contributed by atoms with Crippen molar-refractivity contribution >= 4 is 5.69 Å². The SMILES string of the molecule is Nc1cccc(-c2nc(-c3cccc(F)c3)n[nH]2)c1. The van der Waals surface area contributed by atoms with E-state index in [0.717, 1.165) is 5.56 Å². The average Bonchev–Trinajstić information content (AvgIpc) is 2.88. The molecule has 0 fully saturated rings. The number of anilines is 1. The summed E-state index contributed by atoms with van der Waals surface area (Å²) in [4.78, 5) is 4.34. The number of nitrogens with one attached hydrogen (secondary N) is 1. The molecule has 2 aromatic carbocycles. The normalized spacial score (nSPS) is 10.6. The van der Waals surface area contributed by atoms with Crippen molar-refractivity contribution in [2.45, 2.75) is 0 Å². The minimum atomic E-state index is -0.312. The number of H-pyrrole nitrogens is 1. The molecule has 3 N–H and O–H groups in total. The summed E-state index contributed by atoms with van der Waals surface area (Å²) in [5, 5.41) is 6.92. The quantitative estimate of drug-likeness (QED) is 0.691. The number of aromatic amines is 1. The fourth-order valence-corrected chi connectivity index (χ4v) is 1.83. The van der Waals surface area contributed by atoms with Crippen LogP contribution in [0, 0.1) is 5.82 Å². The van der Waals surface area contributed by atoms with E-state index in [-0.39, 0.29) is 5.82 Å². The van der Waals surface area contributed by atoms with E-state index in [1.165, 1.54) is 12.1 Å². The molecule has 4 nitrogen and oxygen atoms in total. The summed E-state index contributed by atoms with van der Waals surface area (Å²) in [7, 11) is 0. The highest BCUT2D eigenvalue weighted by Gasteiger charge is 2.08. The highest BCUT2D eigenvalue weighted by atomic mass is 19.1. The van der Waals surface area contributed by atoms with E-state index in [2.05, 4.69) is 15.2 Å². The third kappa shape index (κ3) is 2.30. The van der Waals surface area contributed by atoms with Crippen LogP contribution in [0.1, 0.15) is 0 Å². The summed E-state index contributed by atoms with van der Waals surface area (Å²) in [6, 6.07) is 13.5. The summed E-state index contributed by atoms with van der Waals surface area (Å²) in [5.41, 5.74) is 7.85. The largest absolute Gasteiger partial charge is 0.399 e. The first-order valence-corrected chi connectivity index (χ1v) is 5.76. The van der Waals surface area contributed by atoms with E-state index in [4.69, 9.17) is 5.73 Å². The number of nitrogens with two attached hydrogens (primary N) is 1. The van der Waals surface area contributed by atoms with Crippen LogP contribution in [-0.4, -0.2) is 15.2 Å². The molecule has 5 heteroatoms. The summed E-state index contributed by atoms with van der Waals surface area (Å²) in [6.45, 7) is 0. The zero-order valence-corrected chi connectivity index (χ0v) is 9.97. The first-order chi connectivity index (χ1) is 9.22. The third-order valence-electron chi connectivity index (χ3n) is 2.73. The highest BCUT2D eigenvalue weighted by Crippen LogP contribution is 2.21. The predicted molar refractivity (Wildman–Crippen MR) is 71.6 cm³/mol. The van der Waals surface area contributed by atoms with Gasteiger partial charge in [0.2, 0.25) is 0 Å². The highest BCUT2D eigenvalue weighted by molar-refractivity contribution is 5.64. The van der Waals surface area contributed by atoms with Crippen molar-refractivity contribution in [1.29, 1.82) is 0 Å². The number of rotatable bonds is 2. The minimum Gasteiger partial charge on any atom is -0.399 e. The van der Waals surface area contributed by atoms with Crippen LogP contribution in [0.5, 0.6) is 0 Å². The molecular weight excluding hydrogens is 243 g/mol. The van der Waals surface area contributed by atoms with Crippen molar-refractivity contribution in [2.24, 2.45) is 0 Å². The lowest BCUT2D eigenvalue weighted by molar-refractivity contribution is 0.628. The number of nitrogen functional groups attached to an aromatic ring is 1. The van der Waals surface area contributed by atoms with Gasteiger partial charge in [0.05, 0.1) is 0 Å². The van der Waals surface area contributed by atoms with Crippen molar-refractivity contribution in [3.05, 3.63) is 54.3 Å². The Morgan fingerprint density at radius 1 is 1.00 bits per heavy atom. The van der Waals surface area contributed by atoms with Crippen LogP contribution >= 0.6 is 0 Å². The lowest BCUT2D eigenvalue weighted by atomic mass is 10.2. The third-order valence-corrected chi connectivity index (χ3v) is 2.73. The molecule has 0 saturated heterocycles. The van der Waals surface area contributed by atoms with Crippen LogP contribution in [0.4, 0.5) is 10.1 Å². The number of halogens is 1. The molecule has 0 amide bonds. The van der Waals surface area contributed by atoms with Gasteiger partial charge in [0.25, 0.3) is 0 Å². The topological polar surface area (TPSA) is 67.6 Å². The van der Waals surface area contributed by atoms with Crippen molar-refractivity contribution in [2.75, 3.05) is 5.73 Å². The van der Waals surface area contributed by atoms with Gasteiger partial charge in [-0.3, -0.25) is 5.10 Å². The van der Waals surface area contributed by atoms with Crippen molar-refractivity contribution in [3.63, 3.8) is 0 Å². The zero-order valence-electron chi connectivity index (χ0n) is 9.97. The second-order valence-electron chi connectivity index (χ2n) is 4.14. The van der Waals surface area contributed by atoms with Gasteiger partial charge in [0.1, 0.15) is 5.82 Å². The molecule has 1 heterocycles. The molecule has 1 aromatic heterocycles. The van der Waals surface area contributed by atoms with Crippen LogP contribution in [0.2, 0.25) is 0 Å². The Bertz CT molecular complexity index is 661. The lowest BCUT2D eigenvalue weighted by Crippen LogP contribution is -1.86. The van der Waals surface area contributed by atoms with Crippen LogP contribution in [0.15, 0.2) is 48.5 Å². The molecule has 0 aliphatic rings. The molecule has 3 rings (SSSR count). The Kier molecular flexibility index (Phi) is 2.72. The Balaban J connectivity index is 2.00. The Morgan fingerprint density at radius 2 is 1.79 bits per heavy atom. The monoisotopic (exact) mass is 254 g/mol. The van der Waals surface area contributed by atoms with E-state index < -0.39 is 0 Å². The number of nitrogens with zero attached hydrogens (tertiary/aromatic N) is 2. The Hall–Kier alpha value is -2.69. The van der Waals surface area contributed by atoms with E-state index in [9.17, 15) is 4.39 Å². The second kappa shape index (κ2) is 4.53. The van der Waals surface area contributed by atoms with Gasteiger partial charge in [-0.2, -0.15) is 5.10 Å². The molecule has 94 valence electrons. The molecule has 0 radical (unpaired) electrons. The molecule has 0 bridgehead atoms. The summed E-state index contributed by atoms with van der Waals surface area (Å²) < 4.78 is 13.2. The van der Waals surface area contributed by atoms with E-state index in [0.29, 0.717) is 22.9 Å². The predicted octanol–water partition coefficient (Wildman–Crippen LogP) is 2.86. The van der Waals surface area contributed by atoms with E-state index in [1.807, 2.05) is 12.1 Å². The first-order valence-electron chi connectivity index (χ1n) is 5.76. The Morgan fingerprint density at radius 3 is 2.58 bits per heavy atom. The van der Waals surface area contributed by atoms with Gasteiger partial charge in [0, 0.05) is 16.8 Å². The van der Waals surface area contributed by atoms with Gasteiger partial charge in [-0.15, -0.1) is 0 Å². The first kappa shape index (κ1) is 11.4. The molecule has 0 atom stereocenters. The standard InChI is InChI=1S/C14H11FN4/c15-11-5-1-3-9(7-11)13-17-14(19-18-13)10-4-2-6-12(16)8-10/h1-8H,16H2,(H,17,18,19). The summed E-state index contributed by atoms with van der Waals surface area (Å²) >= 11 is 0. The van der Waals surface area contributed by atoms with Gasteiger partial charge < -0.3 is 5.73 Å². The molecule has 0 unspecified atom stereocenters. The summed E-state index contributed by atoms with van der Waals surface area (Å²) in [6.07, 6.45) is 0. The molecule has 0 aliphatic carbocycles. The number of aromatic nitrogens is 3. The van der Waals surface area contributed by atoms with Gasteiger partial charge in [-0.05, 0) is 24.3 Å². The van der Waals surface area contributed by atoms with Crippen LogP contribution in [0.25, 0.3) is 22.8 Å². The molecule has 0 aliphatic heterocycles. The molecule has 19 heavy (non-hydrogen) atoms. The molecule has 0 spiro atoms. The zero-order chi connectivity index (χ0) is 13.2. The minimum absolute atomic E-state index is 0.312. The average molecular weight is 254 g/mol. The maximum Gasteiger partial charge on any atom is 0.181 e. The lowest BCUT2D eigenvalue weighted by Gasteiger charge is -1.97. The van der Waals surface area contributed by atoms with Crippen molar-refractivity contribution in [1.82, 2.24) is 15.2 Å². The van der Waals surface area contributed by atoms with Crippen LogP contribution in [0.3, 0.4) is 0 Å². The van der Waals surface area contributed by atoms with Gasteiger partial charge in [-0.25, -0.2) is 9.37 Å². The van der Waals surface area contributed by atoms with E-state index >= 15 is 0 Å². The fraction of sp³-hybridized carbons (Fsp3) is 0. The summed E-state index contributed by atoms with van der Waals surface area (Å²) in [5.74, 6) is 0.747. The van der Waals surface area contributed by atoms with Crippen LogP contribution in [-0.2, 0) is 0 Å². The maximum absolute atomic E-state index is 13.2. The number of benzene rings is 2. The second-order valence-corrected chi connectivity index (χ2v) is 4.14. The number of hydrogen-bond acceptors (Lipinski definition) is 3. The van der Waals surface area contributed by atoms with E-state index in [1.54, 1.807) is 24.3 Å². The van der Waals surface area contributed by atoms with Crippen molar-refractivity contribution in [3.8, 4) is 22.8 Å². The number of hydrogen-bond donors (Lipinski definition) is 2. The van der Waals surface area contributed by atoms with Gasteiger partial charge in [0.15, 0.2) is 11.6 Å². The molecular formula is C14H11FN4. The molecule has 3 aromatic rings. The van der Waals surface area contributed by atoms with Gasteiger partial charge >= 0.3 is 0 Å². The molecule has 0 saturated carbocycles. The fourth-order valence-electron chi connectivity index (χ4n) is 1.83. The Labute approximate surface area is 109 Å². The van der Waals surface area contributed by atoms with Gasteiger partial charge in [-0.1, -0.05) is 24.3 Å².